The average molecular weight is 458 g/mol. The van der Waals surface area contributed by atoms with Crippen molar-refractivity contribution < 1.29 is 18.7 Å². The lowest BCUT2D eigenvalue weighted by Gasteiger charge is -2.12. The number of amides is 1. The molecule has 0 aliphatic carbocycles. The van der Waals surface area contributed by atoms with Crippen molar-refractivity contribution in [1.82, 2.24) is 15.5 Å². The average Bonchev–Trinajstić information content (AvgIpc) is 2.88. The van der Waals surface area contributed by atoms with Gasteiger partial charge in [-0.1, -0.05) is 0 Å². The Balaban J connectivity index is 1.35. The molecule has 1 aromatic heterocycles. The molecule has 0 aliphatic heterocycles. The van der Waals surface area contributed by atoms with Gasteiger partial charge in [0.1, 0.15) is 17.3 Å². The van der Waals surface area contributed by atoms with Gasteiger partial charge in [-0.05, 0) is 72.8 Å². The maximum absolute atomic E-state index is 13.1. The molecule has 4 aromatic rings. The summed E-state index contributed by atoms with van der Waals surface area (Å²) in [6.45, 7) is 0.321. The van der Waals surface area contributed by atoms with Crippen molar-refractivity contribution in [2.45, 2.75) is 6.54 Å². The highest BCUT2D eigenvalue weighted by atomic mass is 19.1. The number of hydrogen-bond acceptors (Lipinski definition) is 6. The molecule has 7 nitrogen and oxygen atoms in total. The highest BCUT2D eigenvalue weighted by Crippen LogP contribution is 2.24. The van der Waals surface area contributed by atoms with Gasteiger partial charge in [-0.15, -0.1) is 10.2 Å². The minimum Gasteiger partial charge on any atom is -0.497 e. The zero-order chi connectivity index (χ0) is 23.9. The van der Waals surface area contributed by atoms with E-state index in [9.17, 15) is 9.18 Å². The third-order valence-corrected chi connectivity index (χ3v) is 5.16. The van der Waals surface area contributed by atoms with E-state index in [0.717, 1.165) is 16.8 Å². The molecule has 0 saturated carbocycles. The van der Waals surface area contributed by atoms with Gasteiger partial charge in [0, 0.05) is 35.0 Å². The number of nitrogens with one attached hydrogen (secondary N) is 2. The van der Waals surface area contributed by atoms with Crippen LogP contribution < -0.4 is 20.1 Å². The van der Waals surface area contributed by atoms with E-state index in [2.05, 4.69) is 20.8 Å². The number of methoxy groups -OCH3 is 2. The van der Waals surface area contributed by atoms with Crippen LogP contribution in [-0.4, -0.2) is 30.3 Å². The van der Waals surface area contributed by atoms with Gasteiger partial charge in [-0.3, -0.25) is 4.79 Å². The van der Waals surface area contributed by atoms with E-state index in [4.69, 9.17) is 9.47 Å². The number of anilines is 2. The number of aromatic nitrogens is 2. The number of benzene rings is 3. The van der Waals surface area contributed by atoms with Crippen molar-refractivity contribution in [3.8, 4) is 22.8 Å². The highest BCUT2D eigenvalue weighted by molar-refractivity contribution is 5.94. The molecular formula is C26H23FN4O3. The topological polar surface area (TPSA) is 85.4 Å². The molecule has 34 heavy (non-hydrogen) atoms. The summed E-state index contributed by atoms with van der Waals surface area (Å²) in [5, 5.41) is 14.4. The van der Waals surface area contributed by atoms with Gasteiger partial charge >= 0.3 is 0 Å². The van der Waals surface area contributed by atoms with Crippen LogP contribution in [0.25, 0.3) is 11.3 Å². The Bertz CT molecular complexity index is 1260. The van der Waals surface area contributed by atoms with Crippen LogP contribution in [0.2, 0.25) is 0 Å². The zero-order valence-corrected chi connectivity index (χ0v) is 18.7. The number of carbonyl (C=O) groups excluding carboxylic acids is 1. The second-order valence-electron chi connectivity index (χ2n) is 7.37. The summed E-state index contributed by atoms with van der Waals surface area (Å²) in [5.74, 6) is 1.38. The molecule has 0 radical (unpaired) electrons. The second-order valence-corrected chi connectivity index (χ2v) is 7.37. The normalized spacial score (nSPS) is 10.4. The van der Waals surface area contributed by atoms with Gasteiger partial charge in [0.2, 0.25) is 0 Å². The fraction of sp³-hybridized carbons (Fsp3) is 0.115. The third-order valence-electron chi connectivity index (χ3n) is 5.16. The first-order chi connectivity index (χ1) is 16.6. The summed E-state index contributed by atoms with van der Waals surface area (Å²) < 4.78 is 23.6. The first kappa shape index (κ1) is 22.7. The molecule has 0 spiro atoms. The fourth-order valence-corrected chi connectivity index (χ4v) is 3.30. The Kier molecular flexibility index (Phi) is 6.98. The van der Waals surface area contributed by atoms with Gasteiger partial charge in [0.05, 0.1) is 19.9 Å². The Morgan fingerprint density at radius 3 is 2.29 bits per heavy atom. The van der Waals surface area contributed by atoms with Crippen LogP contribution >= 0.6 is 0 Å². The lowest BCUT2D eigenvalue weighted by molar-refractivity contribution is 0.0950. The summed E-state index contributed by atoms with van der Waals surface area (Å²) in [6.07, 6.45) is 0. The molecule has 0 saturated heterocycles. The van der Waals surface area contributed by atoms with Gasteiger partial charge in [-0.25, -0.2) is 4.39 Å². The van der Waals surface area contributed by atoms with Crippen LogP contribution in [0.5, 0.6) is 11.5 Å². The van der Waals surface area contributed by atoms with Crippen LogP contribution in [0.15, 0.2) is 78.9 Å². The molecular weight excluding hydrogens is 435 g/mol. The largest absolute Gasteiger partial charge is 0.497 e. The number of carbonyl (C=O) groups is 1. The second kappa shape index (κ2) is 10.4. The lowest BCUT2D eigenvalue weighted by atomic mass is 10.1. The minimum atomic E-state index is -0.299. The van der Waals surface area contributed by atoms with E-state index in [-0.39, 0.29) is 11.7 Å². The maximum atomic E-state index is 13.1. The van der Waals surface area contributed by atoms with Crippen molar-refractivity contribution >= 4 is 17.4 Å². The molecule has 8 heteroatoms. The quantitative estimate of drug-likeness (QED) is 0.388. The van der Waals surface area contributed by atoms with Crippen molar-refractivity contribution in [3.05, 3.63) is 95.8 Å². The molecule has 3 aromatic carbocycles. The predicted molar refractivity (Wildman–Crippen MR) is 128 cm³/mol. The summed E-state index contributed by atoms with van der Waals surface area (Å²) in [6, 6.07) is 22.1. The van der Waals surface area contributed by atoms with E-state index in [1.165, 1.54) is 12.1 Å². The van der Waals surface area contributed by atoms with Crippen LogP contribution in [-0.2, 0) is 6.54 Å². The van der Waals surface area contributed by atoms with Crippen molar-refractivity contribution in [1.29, 1.82) is 0 Å². The molecule has 2 N–H and O–H groups in total. The maximum Gasteiger partial charge on any atom is 0.251 e. The summed E-state index contributed by atoms with van der Waals surface area (Å²) in [4.78, 5) is 12.6. The van der Waals surface area contributed by atoms with E-state index < -0.39 is 0 Å². The number of rotatable bonds is 8. The number of nitrogens with zero attached hydrogens (tertiary/aromatic N) is 2. The summed E-state index contributed by atoms with van der Waals surface area (Å²) >= 11 is 0. The van der Waals surface area contributed by atoms with Crippen molar-refractivity contribution in [2.75, 3.05) is 19.5 Å². The molecule has 1 heterocycles. The minimum absolute atomic E-state index is 0.201. The van der Waals surface area contributed by atoms with Gasteiger partial charge in [-0.2, -0.15) is 0 Å². The first-order valence-electron chi connectivity index (χ1n) is 10.5. The molecule has 0 aliphatic rings. The monoisotopic (exact) mass is 458 g/mol. The molecule has 4 rings (SSSR count). The molecule has 172 valence electrons. The Morgan fingerprint density at radius 2 is 1.65 bits per heavy atom. The van der Waals surface area contributed by atoms with Crippen LogP contribution in [0.3, 0.4) is 0 Å². The summed E-state index contributed by atoms with van der Waals surface area (Å²) in [5.41, 5.74) is 3.56. The Labute approximate surface area is 196 Å². The van der Waals surface area contributed by atoms with Crippen LogP contribution in [0, 0.1) is 5.82 Å². The molecule has 1 amide bonds. The van der Waals surface area contributed by atoms with E-state index in [1.54, 1.807) is 68.8 Å². The standard InChI is InChI=1S/C26H23FN4O3/c1-33-22-12-7-19(24(15-22)34-2)16-28-26(32)18-5-10-21(11-6-18)29-25-14-13-23(30-31-25)17-3-8-20(27)9-4-17/h3-15H,16H2,1-2H3,(H,28,32)(H,29,31). The molecule has 0 fully saturated rings. The summed E-state index contributed by atoms with van der Waals surface area (Å²) in [7, 11) is 3.16. The van der Waals surface area contributed by atoms with Crippen LogP contribution in [0.1, 0.15) is 15.9 Å². The van der Waals surface area contributed by atoms with Crippen molar-refractivity contribution in [3.63, 3.8) is 0 Å². The highest BCUT2D eigenvalue weighted by Gasteiger charge is 2.09. The SMILES string of the molecule is COc1ccc(CNC(=O)c2ccc(Nc3ccc(-c4ccc(F)cc4)nn3)cc2)c(OC)c1. The number of halogens is 1. The van der Waals surface area contributed by atoms with Gasteiger partial charge in [0.15, 0.2) is 5.82 Å². The third kappa shape index (κ3) is 5.47. The van der Waals surface area contributed by atoms with Crippen LogP contribution in [0.4, 0.5) is 15.9 Å². The number of hydrogen-bond donors (Lipinski definition) is 2. The Hall–Kier alpha value is -4.46. The zero-order valence-electron chi connectivity index (χ0n) is 18.7. The Morgan fingerprint density at radius 1 is 0.882 bits per heavy atom. The van der Waals surface area contributed by atoms with E-state index >= 15 is 0 Å². The predicted octanol–water partition coefficient (Wildman–Crippen LogP) is 4.97. The van der Waals surface area contributed by atoms with Gasteiger partial charge < -0.3 is 20.1 Å². The van der Waals surface area contributed by atoms with E-state index in [1.807, 2.05) is 12.1 Å². The van der Waals surface area contributed by atoms with Crippen molar-refractivity contribution in [2.24, 2.45) is 0 Å². The van der Waals surface area contributed by atoms with Gasteiger partial charge in [0.25, 0.3) is 5.91 Å². The molecule has 0 atom stereocenters. The molecule has 0 unspecified atom stereocenters. The first-order valence-corrected chi connectivity index (χ1v) is 10.5. The van der Waals surface area contributed by atoms with E-state index in [0.29, 0.717) is 35.1 Å². The molecule has 0 bridgehead atoms. The fourth-order valence-electron chi connectivity index (χ4n) is 3.30. The smallest absolute Gasteiger partial charge is 0.251 e. The number of ether oxygens (including phenoxy) is 2. The lowest BCUT2D eigenvalue weighted by Crippen LogP contribution is -2.23.